The van der Waals surface area contributed by atoms with Crippen LogP contribution in [0.5, 0.6) is 0 Å². The van der Waals surface area contributed by atoms with E-state index in [1.807, 2.05) is 6.92 Å². The summed E-state index contributed by atoms with van der Waals surface area (Å²) in [5, 5.41) is 12.2. The van der Waals surface area contributed by atoms with Crippen LogP contribution >= 0.6 is 0 Å². The Morgan fingerprint density at radius 2 is 2.11 bits per heavy atom. The van der Waals surface area contributed by atoms with Gasteiger partial charge in [0.25, 0.3) is 0 Å². The zero-order valence-electron chi connectivity index (χ0n) is 12.2. The van der Waals surface area contributed by atoms with Crippen LogP contribution in [-0.2, 0) is 9.59 Å². The first-order valence-corrected chi connectivity index (χ1v) is 7.16. The Bertz CT molecular complexity index is 318. The van der Waals surface area contributed by atoms with E-state index in [0.29, 0.717) is 25.4 Å². The fraction of sp³-hybridized carbons (Fsp3) is 0.857. The molecule has 5 heteroatoms. The van der Waals surface area contributed by atoms with Gasteiger partial charge in [-0.05, 0) is 18.8 Å². The summed E-state index contributed by atoms with van der Waals surface area (Å²) in [7, 11) is 0. The number of likely N-dealkylation sites (tertiary alicyclic amines) is 1. The lowest BCUT2D eigenvalue weighted by atomic mass is 10.0. The zero-order chi connectivity index (χ0) is 14.4. The molecule has 2 atom stereocenters. The van der Waals surface area contributed by atoms with Crippen LogP contribution in [0, 0.1) is 11.8 Å². The topological polar surface area (TPSA) is 69.6 Å². The lowest BCUT2D eigenvalue weighted by molar-refractivity contribution is -0.130. The highest BCUT2D eigenvalue weighted by atomic mass is 16.3. The van der Waals surface area contributed by atoms with Crippen molar-refractivity contribution in [3.63, 3.8) is 0 Å². The van der Waals surface area contributed by atoms with Crippen molar-refractivity contribution in [1.29, 1.82) is 0 Å². The normalized spacial score (nSPS) is 20.7. The summed E-state index contributed by atoms with van der Waals surface area (Å²) in [4.78, 5) is 25.4. The molecular weight excluding hydrogens is 244 g/mol. The Labute approximate surface area is 115 Å². The van der Waals surface area contributed by atoms with Gasteiger partial charge in [-0.25, -0.2) is 0 Å². The maximum Gasteiger partial charge on any atom is 0.225 e. The van der Waals surface area contributed by atoms with Crippen LogP contribution in [0.3, 0.4) is 0 Å². The summed E-state index contributed by atoms with van der Waals surface area (Å²) < 4.78 is 0. The van der Waals surface area contributed by atoms with E-state index < -0.39 is 0 Å². The average Bonchev–Trinajstić information content (AvgIpc) is 2.86. The Hall–Kier alpha value is -1.10. The molecule has 0 aromatic rings. The van der Waals surface area contributed by atoms with Gasteiger partial charge < -0.3 is 15.3 Å². The van der Waals surface area contributed by atoms with Crippen LogP contribution < -0.4 is 5.32 Å². The molecule has 1 aliphatic rings. The van der Waals surface area contributed by atoms with Crippen LogP contribution in [0.2, 0.25) is 0 Å². The van der Waals surface area contributed by atoms with E-state index in [1.165, 1.54) is 0 Å². The van der Waals surface area contributed by atoms with Gasteiger partial charge in [0.1, 0.15) is 0 Å². The molecule has 0 aromatic carbocycles. The minimum absolute atomic E-state index is 0.0335. The summed E-state index contributed by atoms with van der Waals surface area (Å²) in [6.07, 6.45) is 1.98. The van der Waals surface area contributed by atoms with E-state index in [-0.39, 0.29) is 30.4 Å². The predicted molar refractivity (Wildman–Crippen MR) is 73.4 cm³/mol. The zero-order valence-corrected chi connectivity index (χ0v) is 12.2. The number of amides is 2. The number of rotatable bonds is 6. The SMILES string of the molecule is CCC(=O)N1CCC(C(=O)NC(CO)CC(C)C)C1. The molecule has 0 radical (unpaired) electrons. The molecule has 0 spiro atoms. The van der Waals surface area contributed by atoms with Crippen molar-refractivity contribution in [1.82, 2.24) is 10.2 Å². The predicted octanol–water partition coefficient (Wildman–Crippen LogP) is 0.768. The second-order valence-electron chi connectivity index (χ2n) is 5.70. The fourth-order valence-electron chi connectivity index (χ4n) is 2.49. The van der Waals surface area contributed by atoms with Crippen molar-refractivity contribution in [2.75, 3.05) is 19.7 Å². The van der Waals surface area contributed by atoms with Crippen LogP contribution in [0.4, 0.5) is 0 Å². The smallest absolute Gasteiger partial charge is 0.225 e. The van der Waals surface area contributed by atoms with Crippen LogP contribution in [0.15, 0.2) is 0 Å². The molecule has 1 heterocycles. The van der Waals surface area contributed by atoms with Gasteiger partial charge in [-0.2, -0.15) is 0 Å². The molecule has 0 saturated carbocycles. The molecule has 0 bridgehead atoms. The van der Waals surface area contributed by atoms with Gasteiger partial charge in [0.15, 0.2) is 0 Å². The average molecular weight is 270 g/mol. The summed E-state index contributed by atoms with van der Waals surface area (Å²) in [5.74, 6) is 0.373. The van der Waals surface area contributed by atoms with Crippen molar-refractivity contribution in [2.45, 2.75) is 46.1 Å². The van der Waals surface area contributed by atoms with Gasteiger partial charge in [-0.1, -0.05) is 20.8 Å². The third-order valence-corrected chi connectivity index (χ3v) is 3.54. The highest BCUT2D eigenvalue weighted by Crippen LogP contribution is 2.17. The second kappa shape index (κ2) is 7.48. The highest BCUT2D eigenvalue weighted by molar-refractivity contribution is 5.82. The minimum atomic E-state index is -0.177. The van der Waals surface area contributed by atoms with E-state index >= 15 is 0 Å². The largest absolute Gasteiger partial charge is 0.394 e. The molecule has 2 amide bonds. The van der Waals surface area contributed by atoms with Gasteiger partial charge >= 0.3 is 0 Å². The molecule has 0 aromatic heterocycles. The number of carbonyl (C=O) groups is 2. The van der Waals surface area contributed by atoms with E-state index in [9.17, 15) is 14.7 Å². The number of hydrogen-bond acceptors (Lipinski definition) is 3. The van der Waals surface area contributed by atoms with Gasteiger partial charge in [0.05, 0.1) is 18.6 Å². The standard InChI is InChI=1S/C14H26N2O3/c1-4-13(18)16-6-5-11(8-16)14(19)15-12(9-17)7-10(2)3/h10-12,17H,4-9H2,1-3H3,(H,15,19). The first-order chi connectivity index (χ1) is 8.97. The summed E-state index contributed by atoms with van der Waals surface area (Å²) >= 11 is 0. The minimum Gasteiger partial charge on any atom is -0.394 e. The van der Waals surface area contributed by atoms with E-state index in [1.54, 1.807) is 4.90 Å². The van der Waals surface area contributed by atoms with Crippen LogP contribution in [-0.4, -0.2) is 47.6 Å². The number of aliphatic hydroxyl groups excluding tert-OH is 1. The van der Waals surface area contributed by atoms with Gasteiger partial charge in [0, 0.05) is 19.5 Å². The maximum absolute atomic E-state index is 12.1. The van der Waals surface area contributed by atoms with Crippen molar-refractivity contribution in [3.05, 3.63) is 0 Å². The fourth-order valence-corrected chi connectivity index (χ4v) is 2.49. The van der Waals surface area contributed by atoms with E-state index in [4.69, 9.17) is 0 Å². The Morgan fingerprint density at radius 1 is 1.42 bits per heavy atom. The molecule has 110 valence electrons. The lowest BCUT2D eigenvalue weighted by Gasteiger charge is -2.21. The van der Waals surface area contributed by atoms with Crippen molar-refractivity contribution in [2.24, 2.45) is 11.8 Å². The van der Waals surface area contributed by atoms with Gasteiger partial charge in [-0.15, -0.1) is 0 Å². The molecule has 1 aliphatic heterocycles. The monoisotopic (exact) mass is 270 g/mol. The highest BCUT2D eigenvalue weighted by Gasteiger charge is 2.31. The Balaban J connectivity index is 2.44. The number of carbonyl (C=O) groups excluding carboxylic acids is 2. The van der Waals surface area contributed by atoms with Gasteiger partial charge in [-0.3, -0.25) is 9.59 Å². The molecule has 2 unspecified atom stereocenters. The Morgan fingerprint density at radius 3 is 2.63 bits per heavy atom. The van der Waals surface area contributed by atoms with Crippen molar-refractivity contribution in [3.8, 4) is 0 Å². The van der Waals surface area contributed by atoms with Crippen LogP contribution in [0.25, 0.3) is 0 Å². The maximum atomic E-state index is 12.1. The second-order valence-corrected chi connectivity index (χ2v) is 5.70. The van der Waals surface area contributed by atoms with Crippen molar-refractivity contribution >= 4 is 11.8 Å². The number of nitrogens with zero attached hydrogens (tertiary/aromatic N) is 1. The third kappa shape index (κ3) is 4.82. The summed E-state index contributed by atoms with van der Waals surface area (Å²) in [6.45, 7) is 7.10. The molecule has 5 nitrogen and oxygen atoms in total. The molecule has 1 fully saturated rings. The molecule has 19 heavy (non-hydrogen) atoms. The quantitative estimate of drug-likeness (QED) is 0.749. The van der Waals surface area contributed by atoms with Crippen molar-refractivity contribution < 1.29 is 14.7 Å². The number of hydrogen-bond donors (Lipinski definition) is 2. The van der Waals surface area contributed by atoms with Crippen LogP contribution in [0.1, 0.15) is 40.0 Å². The molecular formula is C14H26N2O3. The molecule has 1 saturated heterocycles. The molecule has 0 aliphatic carbocycles. The number of nitrogens with one attached hydrogen (secondary N) is 1. The summed E-state index contributed by atoms with van der Waals surface area (Å²) in [5.41, 5.74) is 0. The first-order valence-electron chi connectivity index (χ1n) is 7.16. The van der Waals surface area contributed by atoms with E-state index in [0.717, 1.165) is 12.8 Å². The van der Waals surface area contributed by atoms with Gasteiger partial charge in [0.2, 0.25) is 11.8 Å². The number of aliphatic hydroxyl groups is 1. The first kappa shape index (κ1) is 16.0. The Kier molecular flexibility index (Phi) is 6.28. The summed E-state index contributed by atoms with van der Waals surface area (Å²) in [6, 6.07) is -0.177. The lowest BCUT2D eigenvalue weighted by Crippen LogP contribution is -2.42. The molecule has 2 N–H and O–H groups in total. The third-order valence-electron chi connectivity index (χ3n) is 3.54. The van der Waals surface area contributed by atoms with E-state index in [2.05, 4.69) is 19.2 Å². The molecule has 1 rings (SSSR count).